The quantitative estimate of drug-likeness (QED) is 0.285. The van der Waals surface area contributed by atoms with Crippen molar-refractivity contribution in [3.8, 4) is 0 Å². The second-order valence-electron chi connectivity index (χ2n) is 6.61. The zero-order chi connectivity index (χ0) is 17.4. The summed E-state index contributed by atoms with van der Waals surface area (Å²) in [5, 5.41) is 0. The highest BCUT2D eigenvalue weighted by atomic mass is 32.2. The van der Waals surface area contributed by atoms with Gasteiger partial charge in [0.2, 0.25) is 0 Å². The molecule has 0 radical (unpaired) electrons. The van der Waals surface area contributed by atoms with Gasteiger partial charge in [0.25, 0.3) is 10.1 Å². The van der Waals surface area contributed by atoms with Crippen LogP contribution in [0.5, 0.6) is 0 Å². The number of hydrogen-bond acceptors (Lipinski definition) is 3. The van der Waals surface area contributed by atoms with Crippen molar-refractivity contribution in [1.29, 1.82) is 0 Å². The molecule has 0 aromatic carbocycles. The minimum absolute atomic E-state index is 0.262. The van der Waals surface area contributed by atoms with Crippen molar-refractivity contribution in [2.45, 2.75) is 103 Å². The van der Waals surface area contributed by atoms with Crippen molar-refractivity contribution in [2.24, 2.45) is 0 Å². The summed E-state index contributed by atoms with van der Waals surface area (Å²) in [7, 11) is -4.14. The van der Waals surface area contributed by atoms with Gasteiger partial charge in [0.05, 0.1) is 0 Å². The first kappa shape index (κ1) is 22.6. The van der Waals surface area contributed by atoms with Gasteiger partial charge in [-0.15, -0.1) is 0 Å². The molecule has 0 bridgehead atoms. The Hall–Kier alpha value is -0.420. The third-order valence-corrected chi connectivity index (χ3v) is 4.84. The maximum absolute atomic E-state index is 11.2. The topological polar surface area (TPSA) is 71.4 Å². The highest BCUT2D eigenvalue weighted by molar-refractivity contribution is 7.86. The summed E-state index contributed by atoms with van der Waals surface area (Å²) in [5.41, 5.74) is 0. The summed E-state index contributed by atoms with van der Waals surface area (Å²) in [4.78, 5) is 11.2. The van der Waals surface area contributed by atoms with Crippen molar-refractivity contribution >= 4 is 15.9 Å². The Kier molecular flexibility index (Phi) is 14.9. The van der Waals surface area contributed by atoms with Crippen LogP contribution in [-0.4, -0.2) is 24.5 Å². The molecule has 5 heteroatoms. The molecule has 0 amide bonds. The summed E-state index contributed by atoms with van der Waals surface area (Å²) in [6.07, 6.45) is 17.8. The van der Waals surface area contributed by atoms with Gasteiger partial charge in [-0.05, 0) is 6.42 Å². The summed E-state index contributed by atoms with van der Waals surface area (Å²) >= 11 is 0. The second kappa shape index (κ2) is 15.1. The standard InChI is InChI=1S/C18H36O4S/c1-2-3-4-5-6-7-8-9-10-11-12-13-14-15-16-18(19)17-23(20,21)22/h2-17H2,1H3,(H,20,21,22). The highest BCUT2D eigenvalue weighted by Gasteiger charge is 2.11. The van der Waals surface area contributed by atoms with Crippen LogP contribution in [0.3, 0.4) is 0 Å². The molecule has 0 heterocycles. The molecule has 0 atom stereocenters. The van der Waals surface area contributed by atoms with Crippen LogP contribution in [0.15, 0.2) is 0 Å². The van der Waals surface area contributed by atoms with Gasteiger partial charge in [-0.1, -0.05) is 90.4 Å². The predicted octanol–water partition coefficient (Wildman–Crippen LogP) is 5.31. The van der Waals surface area contributed by atoms with Crippen LogP contribution in [0, 0.1) is 0 Å². The molecule has 0 fully saturated rings. The Morgan fingerprint density at radius 3 is 1.39 bits per heavy atom. The minimum atomic E-state index is -4.14. The molecular weight excluding hydrogens is 312 g/mol. The number of carbonyl (C=O) groups is 1. The zero-order valence-electron chi connectivity index (χ0n) is 14.9. The van der Waals surface area contributed by atoms with E-state index < -0.39 is 15.9 Å². The molecule has 0 aliphatic carbocycles. The van der Waals surface area contributed by atoms with Gasteiger partial charge < -0.3 is 0 Å². The number of hydrogen-bond donors (Lipinski definition) is 1. The van der Waals surface area contributed by atoms with E-state index >= 15 is 0 Å². The molecule has 0 saturated heterocycles. The fraction of sp³-hybridized carbons (Fsp3) is 0.944. The van der Waals surface area contributed by atoms with E-state index in [0.29, 0.717) is 0 Å². The summed E-state index contributed by atoms with van der Waals surface area (Å²) in [6.45, 7) is 2.25. The average molecular weight is 349 g/mol. The van der Waals surface area contributed by atoms with E-state index in [2.05, 4.69) is 6.92 Å². The average Bonchev–Trinajstić information content (AvgIpc) is 2.46. The SMILES string of the molecule is CCCCCCCCCCCCCCCCC(=O)CS(=O)(=O)O. The number of carbonyl (C=O) groups excluding carboxylic acids is 1. The molecule has 0 spiro atoms. The van der Waals surface area contributed by atoms with Crippen LogP contribution < -0.4 is 0 Å². The first-order valence-corrected chi connectivity index (χ1v) is 11.0. The third-order valence-electron chi connectivity index (χ3n) is 4.15. The van der Waals surface area contributed by atoms with E-state index in [1.165, 1.54) is 70.6 Å². The normalized spacial score (nSPS) is 11.7. The molecule has 23 heavy (non-hydrogen) atoms. The maximum Gasteiger partial charge on any atom is 0.272 e. The van der Waals surface area contributed by atoms with Crippen LogP contribution in [0.1, 0.15) is 103 Å². The highest BCUT2D eigenvalue weighted by Crippen LogP contribution is 2.13. The smallest absolute Gasteiger partial charge is 0.272 e. The van der Waals surface area contributed by atoms with E-state index in [1.54, 1.807) is 0 Å². The molecule has 138 valence electrons. The molecule has 0 aliphatic rings. The summed E-state index contributed by atoms with van der Waals surface area (Å²) in [6, 6.07) is 0. The molecular formula is C18H36O4S. The van der Waals surface area contributed by atoms with Crippen molar-refractivity contribution < 1.29 is 17.8 Å². The van der Waals surface area contributed by atoms with Gasteiger partial charge >= 0.3 is 0 Å². The number of unbranched alkanes of at least 4 members (excludes halogenated alkanes) is 13. The van der Waals surface area contributed by atoms with Crippen molar-refractivity contribution in [1.82, 2.24) is 0 Å². The Morgan fingerprint density at radius 1 is 0.696 bits per heavy atom. The lowest BCUT2D eigenvalue weighted by molar-refractivity contribution is -0.116. The van der Waals surface area contributed by atoms with Gasteiger partial charge in [-0.25, -0.2) is 0 Å². The molecule has 0 rings (SSSR count). The number of rotatable bonds is 17. The molecule has 4 nitrogen and oxygen atoms in total. The largest absolute Gasteiger partial charge is 0.298 e. The van der Waals surface area contributed by atoms with Gasteiger partial charge in [-0.2, -0.15) is 8.42 Å². The Labute approximate surface area is 143 Å². The fourth-order valence-corrected chi connectivity index (χ4v) is 3.34. The van der Waals surface area contributed by atoms with Crippen LogP contribution in [0.2, 0.25) is 0 Å². The van der Waals surface area contributed by atoms with E-state index in [0.717, 1.165) is 19.3 Å². The monoisotopic (exact) mass is 348 g/mol. The lowest BCUT2D eigenvalue weighted by Crippen LogP contribution is -2.14. The van der Waals surface area contributed by atoms with Crippen LogP contribution >= 0.6 is 0 Å². The predicted molar refractivity (Wildman–Crippen MR) is 96.4 cm³/mol. The maximum atomic E-state index is 11.2. The lowest BCUT2D eigenvalue weighted by Gasteiger charge is -2.03. The van der Waals surface area contributed by atoms with Crippen molar-refractivity contribution in [2.75, 3.05) is 5.75 Å². The van der Waals surface area contributed by atoms with Crippen LogP contribution in [0.4, 0.5) is 0 Å². The van der Waals surface area contributed by atoms with Gasteiger partial charge in [0.15, 0.2) is 0 Å². The summed E-state index contributed by atoms with van der Waals surface area (Å²) < 4.78 is 29.6. The molecule has 0 aromatic heterocycles. The first-order chi connectivity index (χ1) is 11.0. The van der Waals surface area contributed by atoms with Gasteiger partial charge in [0, 0.05) is 6.42 Å². The molecule has 0 aliphatic heterocycles. The second-order valence-corrected chi connectivity index (χ2v) is 8.06. The molecule has 0 unspecified atom stereocenters. The van der Waals surface area contributed by atoms with Gasteiger partial charge in [-0.3, -0.25) is 9.35 Å². The Balaban J connectivity index is 3.18. The first-order valence-electron chi connectivity index (χ1n) is 9.42. The van der Waals surface area contributed by atoms with Gasteiger partial charge in [0.1, 0.15) is 11.5 Å². The number of ketones is 1. The Morgan fingerprint density at radius 2 is 1.04 bits per heavy atom. The molecule has 0 saturated carbocycles. The summed E-state index contributed by atoms with van der Waals surface area (Å²) in [5.74, 6) is -1.11. The van der Waals surface area contributed by atoms with Crippen molar-refractivity contribution in [3.05, 3.63) is 0 Å². The minimum Gasteiger partial charge on any atom is -0.298 e. The van der Waals surface area contributed by atoms with Crippen LogP contribution in [0.25, 0.3) is 0 Å². The molecule has 1 N–H and O–H groups in total. The van der Waals surface area contributed by atoms with E-state index in [1.807, 2.05) is 0 Å². The van der Waals surface area contributed by atoms with E-state index in [4.69, 9.17) is 4.55 Å². The Bertz CT molecular complexity index is 376. The fourth-order valence-electron chi connectivity index (χ4n) is 2.79. The van der Waals surface area contributed by atoms with Crippen molar-refractivity contribution in [3.63, 3.8) is 0 Å². The van der Waals surface area contributed by atoms with Crippen LogP contribution in [-0.2, 0) is 14.9 Å². The number of Topliss-reactive ketones (excluding diaryl/α,β-unsaturated/α-hetero) is 1. The lowest BCUT2D eigenvalue weighted by atomic mass is 10.0. The van der Waals surface area contributed by atoms with E-state index in [-0.39, 0.29) is 12.2 Å². The van der Waals surface area contributed by atoms with E-state index in [9.17, 15) is 13.2 Å². The third kappa shape index (κ3) is 19.5. The zero-order valence-corrected chi connectivity index (χ0v) is 15.7. The molecule has 0 aromatic rings.